The number of methoxy groups -OCH3 is 1. The van der Waals surface area contributed by atoms with Crippen LogP contribution in [0.1, 0.15) is 22.7 Å². The molecule has 112 valence electrons. The summed E-state index contributed by atoms with van der Waals surface area (Å²) >= 11 is 0. The number of hydrogen-bond donors (Lipinski definition) is 1. The van der Waals surface area contributed by atoms with E-state index in [1.165, 1.54) is 11.1 Å². The van der Waals surface area contributed by atoms with Gasteiger partial charge in [-0.05, 0) is 37.2 Å². The smallest absolute Gasteiger partial charge is 0.119 e. The fourth-order valence-corrected chi connectivity index (χ4v) is 2.50. The van der Waals surface area contributed by atoms with Crippen molar-refractivity contribution in [1.29, 1.82) is 0 Å². The summed E-state index contributed by atoms with van der Waals surface area (Å²) in [5.74, 6) is 0.851. The maximum absolute atomic E-state index is 6.31. The van der Waals surface area contributed by atoms with Crippen molar-refractivity contribution in [2.75, 3.05) is 20.7 Å². The molecule has 0 aliphatic rings. The maximum atomic E-state index is 6.31. The van der Waals surface area contributed by atoms with Crippen molar-refractivity contribution >= 4 is 0 Å². The van der Waals surface area contributed by atoms with E-state index in [4.69, 9.17) is 10.5 Å². The molecule has 0 bridgehead atoms. The van der Waals surface area contributed by atoms with Gasteiger partial charge in [0.2, 0.25) is 0 Å². The van der Waals surface area contributed by atoms with E-state index < -0.39 is 0 Å². The molecule has 2 rings (SSSR count). The molecule has 3 nitrogen and oxygen atoms in total. The topological polar surface area (TPSA) is 38.5 Å². The average molecular weight is 284 g/mol. The van der Waals surface area contributed by atoms with Gasteiger partial charge >= 0.3 is 0 Å². The van der Waals surface area contributed by atoms with Crippen LogP contribution < -0.4 is 10.5 Å². The fourth-order valence-electron chi connectivity index (χ4n) is 2.50. The van der Waals surface area contributed by atoms with Crippen LogP contribution in [0.2, 0.25) is 0 Å². The largest absolute Gasteiger partial charge is 0.497 e. The molecule has 2 N–H and O–H groups in total. The van der Waals surface area contributed by atoms with Crippen molar-refractivity contribution in [3.63, 3.8) is 0 Å². The minimum atomic E-state index is -0.0186. The molecule has 0 fully saturated rings. The Kier molecular flexibility index (Phi) is 5.37. The molecule has 3 heteroatoms. The Morgan fingerprint density at radius 3 is 2.62 bits per heavy atom. The second-order valence-electron chi connectivity index (χ2n) is 5.57. The Morgan fingerprint density at radius 1 is 1.14 bits per heavy atom. The minimum absolute atomic E-state index is 0.0186. The zero-order chi connectivity index (χ0) is 15.2. The van der Waals surface area contributed by atoms with Crippen molar-refractivity contribution in [2.45, 2.75) is 19.5 Å². The molecule has 0 saturated heterocycles. The van der Waals surface area contributed by atoms with E-state index in [1.807, 2.05) is 24.3 Å². The maximum Gasteiger partial charge on any atom is 0.119 e. The molecule has 0 aromatic heterocycles. The lowest BCUT2D eigenvalue weighted by Gasteiger charge is -2.22. The number of aryl methyl sites for hydroxylation is 1. The molecule has 1 unspecified atom stereocenters. The second kappa shape index (κ2) is 7.25. The minimum Gasteiger partial charge on any atom is -0.497 e. The highest BCUT2D eigenvalue weighted by Gasteiger charge is 2.10. The van der Waals surface area contributed by atoms with E-state index >= 15 is 0 Å². The van der Waals surface area contributed by atoms with Crippen molar-refractivity contribution in [2.24, 2.45) is 5.73 Å². The first kappa shape index (κ1) is 15.5. The molecule has 0 aliphatic heterocycles. The summed E-state index contributed by atoms with van der Waals surface area (Å²) in [7, 11) is 3.77. The first-order valence-electron chi connectivity index (χ1n) is 7.22. The first-order chi connectivity index (χ1) is 10.1. The van der Waals surface area contributed by atoms with E-state index in [-0.39, 0.29) is 6.04 Å². The van der Waals surface area contributed by atoms with Crippen LogP contribution in [0.3, 0.4) is 0 Å². The Bertz CT molecular complexity index is 583. The molecular formula is C18H24N2O. The van der Waals surface area contributed by atoms with Gasteiger partial charge in [0.05, 0.1) is 7.11 Å². The average Bonchev–Trinajstić information content (AvgIpc) is 2.47. The van der Waals surface area contributed by atoms with Gasteiger partial charge in [0.1, 0.15) is 5.75 Å². The SMILES string of the molecule is COc1cccc(C(N)CN(C)Cc2cccc(C)c2)c1. The van der Waals surface area contributed by atoms with Gasteiger partial charge in [0, 0.05) is 19.1 Å². The monoisotopic (exact) mass is 284 g/mol. The number of hydrogen-bond acceptors (Lipinski definition) is 3. The van der Waals surface area contributed by atoms with Crippen molar-refractivity contribution in [3.8, 4) is 5.75 Å². The number of ether oxygens (including phenoxy) is 1. The number of benzene rings is 2. The van der Waals surface area contributed by atoms with Crippen molar-refractivity contribution in [3.05, 3.63) is 65.2 Å². The van der Waals surface area contributed by atoms with Crippen LogP contribution in [-0.2, 0) is 6.54 Å². The van der Waals surface area contributed by atoms with Gasteiger partial charge in [-0.3, -0.25) is 0 Å². The summed E-state index contributed by atoms with van der Waals surface area (Å²) in [5, 5.41) is 0. The third-order valence-corrected chi connectivity index (χ3v) is 3.57. The highest BCUT2D eigenvalue weighted by Crippen LogP contribution is 2.18. The van der Waals surface area contributed by atoms with Crippen LogP contribution >= 0.6 is 0 Å². The Hall–Kier alpha value is -1.84. The number of likely N-dealkylation sites (N-methyl/N-ethyl adjacent to an activating group) is 1. The van der Waals surface area contributed by atoms with E-state index in [0.717, 1.165) is 24.4 Å². The summed E-state index contributed by atoms with van der Waals surface area (Å²) in [6.07, 6.45) is 0. The van der Waals surface area contributed by atoms with Crippen LogP contribution in [0, 0.1) is 6.92 Å². The number of nitrogens with zero attached hydrogens (tertiary/aromatic N) is 1. The summed E-state index contributed by atoms with van der Waals surface area (Å²) < 4.78 is 5.25. The molecule has 21 heavy (non-hydrogen) atoms. The van der Waals surface area contributed by atoms with Crippen LogP contribution in [0.25, 0.3) is 0 Å². The van der Waals surface area contributed by atoms with Gasteiger partial charge in [-0.25, -0.2) is 0 Å². The Labute approximate surface area is 127 Å². The van der Waals surface area contributed by atoms with E-state index in [1.54, 1.807) is 7.11 Å². The standard InChI is InChI=1S/C18H24N2O/c1-14-6-4-7-15(10-14)12-20(2)13-18(19)16-8-5-9-17(11-16)21-3/h4-11,18H,12-13,19H2,1-3H3. The lowest BCUT2D eigenvalue weighted by Crippen LogP contribution is -2.28. The van der Waals surface area contributed by atoms with Gasteiger partial charge in [-0.15, -0.1) is 0 Å². The molecule has 0 heterocycles. The molecule has 0 radical (unpaired) electrons. The molecule has 2 aromatic rings. The summed E-state index contributed by atoms with van der Waals surface area (Å²) in [4.78, 5) is 2.25. The van der Waals surface area contributed by atoms with Crippen molar-refractivity contribution in [1.82, 2.24) is 4.90 Å². The normalized spacial score (nSPS) is 12.4. The summed E-state index contributed by atoms with van der Waals surface area (Å²) in [6.45, 7) is 3.83. The van der Waals surface area contributed by atoms with Gasteiger partial charge in [-0.2, -0.15) is 0 Å². The predicted octanol–water partition coefficient (Wildman–Crippen LogP) is 3.14. The van der Waals surface area contributed by atoms with Crippen LogP contribution in [0.4, 0.5) is 0 Å². The predicted molar refractivity (Wildman–Crippen MR) is 87.4 cm³/mol. The quantitative estimate of drug-likeness (QED) is 0.885. The van der Waals surface area contributed by atoms with Crippen molar-refractivity contribution < 1.29 is 4.74 Å². The molecule has 0 amide bonds. The Morgan fingerprint density at radius 2 is 1.90 bits per heavy atom. The summed E-state index contributed by atoms with van der Waals surface area (Å²) in [6, 6.07) is 16.5. The Balaban J connectivity index is 1.96. The third kappa shape index (κ3) is 4.59. The van der Waals surface area contributed by atoms with Crippen LogP contribution in [0.15, 0.2) is 48.5 Å². The molecule has 0 saturated carbocycles. The third-order valence-electron chi connectivity index (χ3n) is 3.57. The van der Waals surface area contributed by atoms with Crippen LogP contribution in [0.5, 0.6) is 5.75 Å². The summed E-state index contributed by atoms with van der Waals surface area (Å²) in [5.41, 5.74) is 10.0. The molecule has 0 aliphatic carbocycles. The highest BCUT2D eigenvalue weighted by molar-refractivity contribution is 5.30. The highest BCUT2D eigenvalue weighted by atomic mass is 16.5. The molecule has 2 aromatic carbocycles. The van der Waals surface area contributed by atoms with Gasteiger partial charge < -0.3 is 15.4 Å². The first-order valence-corrected chi connectivity index (χ1v) is 7.22. The molecular weight excluding hydrogens is 260 g/mol. The number of rotatable bonds is 6. The van der Waals surface area contributed by atoms with Gasteiger partial charge in [0.15, 0.2) is 0 Å². The lowest BCUT2D eigenvalue weighted by molar-refractivity contribution is 0.305. The fraction of sp³-hybridized carbons (Fsp3) is 0.333. The lowest BCUT2D eigenvalue weighted by atomic mass is 10.1. The zero-order valence-electron chi connectivity index (χ0n) is 13.0. The van der Waals surface area contributed by atoms with Crippen LogP contribution in [-0.4, -0.2) is 25.6 Å². The molecule has 1 atom stereocenters. The number of nitrogens with two attached hydrogens (primary N) is 1. The zero-order valence-corrected chi connectivity index (χ0v) is 13.0. The molecule has 0 spiro atoms. The van der Waals surface area contributed by atoms with E-state index in [2.05, 4.69) is 43.1 Å². The van der Waals surface area contributed by atoms with Gasteiger partial charge in [0.25, 0.3) is 0 Å². The van der Waals surface area contributed by atoms with Gasteiger partial charge in [-0.1, -0.05) is 42.0 Å². The van der Waals surface area contributed by atoms with E-state index in [9.17, 15) is 0 Å². The second-order valence-corrected chi connectivity index (χ2v) is 5.57. The van der Waals surface area contributed by atoms with E-state index in [0.29, 0.717) is 0 Å².